The average molecular weight is 412 g/mol. The molecule has 0 saturated heterocycles. The first-order valence-corrected chi connectivity index (χ1v) is 9.71. The van der Waals surface area contributed by atoms with Gasteiger partial charge in [0.1, 0.15) is 11.5 Å². The summed E-state index contributed by atoms with van der Waals surface area (Å²) in [4.78, 5) is 32.7. The Kier molecular flexibility index (Phi) is 4.59. The highest BCUT2D eigenvalue weighted by atomic mass is 19.1. The van der Waals surface area contributed by atoms with E-state index in [4.69, 9.17) is 4.98 Å². The predicted molar refractivity (Wildman–Crippen MR) is 117 cm³/mol. The number of nitrogens with zero attached hydrogens (tertiary/aromatic N) is 4. The molecule has 1 atom stereocenters. The molecule has 0 amide bonds. The van der Waals surface area contributed by atoms with Crippen LogP contribution in [0.3, 0.4) is 0 Å². The minimum Gasteiger partial charge on any atom is -0.348 e. The molecule has 0 aliphatic rings. The molecule has 2 N–H and O–H groups in total. The second kappa shape index (κ2) is 7.56. The maximum Gasteiger partial charge on any atom is 0.225 e. The van der Waals surface area contributed by atoms with E-state index in [1.54, 1.807) is 18.5 Å². The molecule has 0 bridgehead atoms. The first-order valence-electron chi connectivity index (χ1n) is 9.71. The zero-order valence-electron chi connectivity index (χ0n) is 16.5. The minimum absolute atomic E-state index is 0.142. The molecule has 1 unspecified atom stereocenters. The Morgan fingerprint density at radius 2 is 1.97 bits per heavy atom. The second-order valence-corrected chi connectivity index (χ2v) is 7.14. The number of hydrogen-bond acceptors (Lipinski definition) is 6. The van der Waals surface area contributed by atoms with Gasteiger partial charge in [-0.2, -0.15) is 4.98 Å². The normalized spacial score (nSPS) is 12.2. The molecule has 5 rings (SSSR count). The highest BCUT2D eigenvalue weighted by Crippen LogP contribution is 2.30. The van der Waals surface area contributed by atoms with Crippen molar-refractivity contribution in [2.24, 2.45) is 0 Å². The van der Waals surface area contributed by atoms with Crippen LogP contribution in [-0.2, 0) is 0 Å². The number of aromatic amines is 1. The van der Waals surface area contributed by atoms with Crippen molar-refractivity contribution in [3.63, 3.8) is 0 Å². The van der Waals surface area contributed by atoms with Gasteiger partial charge in [-0.1, -0.05) is 6.07 Å². The van der Waals surface area contributed by atoms with Crippen molar-refractivity contribution in [2.75, 3.05) is 5.32 Å². The van der Waals surface area contributed by atoms with Crippen LogP contribution >= 0.6 is 0 Å². The van der Waals surface area contributed by atoms with E-state index in [9.17, 15) is 9.18 Å². The van der Waals surface area contributed by atoms with Crippen LogP contribution in [-0.4, -0.2) is 24.9 Å². The summed E-state index contributed by atoms with van der Waals surface area (Å²) in [5, 5.41) is 4.50. The van der Waals surface area contributed by atoms with Gasteiger partial charge >= 0.3 is 0 Å². The van der Waals surface area contributed by atoms with Crippen LogP contribution in [0.1, 0.15) is 18.5 Å². The first kappa shape index (κ1) is 18.8. The molecule has 0 fully saturated rings. The largest absolute Gasteiger partial charge is 0.348 e. The summed E-state index contributed by atoms with van der Waals surface area (Å²) in [6, 6.07) is 13.2. The zero-order chi connectivity index (χ0) is 21.4. The highest BCUT2D eigenvalue weighted by Gasteiger charge is 2.17. The van der Waals surface area contributed by atoms with E-state index in [2.05, 4.69) is 25.3 Å². The number of benzene rings is 1. The van der Waals surface area contributed by atoms with E-state index < -0.39 is 0 Å². The van der Waals surface area contributed by atoms with Gasteiger partial charge < -0.3 is 10.3 Å². The van der Waals surface area contributed by atoms with Crippen molar-refractivity contribution in [2.45, 2.75) is 13.0 Å². The van der Waals surface area contributed by atoms with E-state index in [1.165, 1.54) is 24.4 Å². The molecule has 0 aliphatic carbocycles. The second-order valence-electron chi connectivity index (χ2n) is 7.14. The maximum absolute atomic E-state index is 13.8. The van der Waals surface area contributed by atoms with Crippen LogP contribution in [0.2, 0.25) is 0 Å². The fraction of sp³-hybridized carbons (Fsp3) is 0.0870. The van der Waals surface area contributed by atoms with Crippen molar-refractivity contribution in [1.82, 2.24) is 24.9 Å². The lowest BCUT2D eigenvalue weighted by molar-refractivity contribution is 0.629. The fourth-order valence-corrected chi connectivity index (χ4v) is 3.49. The van der Waals surface area contributed by atoms with Crippen LogP contribution in [0, 0.1) is 5.82 Å². The molecule has 0 spiro atoms. The summed E-state index contributed by atoms with van der Waals surface area (Å²) < 4.78 is 13.8. The van der Waals surface area contributed by atoms with E-state index in [0.29, 0.717) is 33.9 Å². The number of H-pyrrole nitrogens is 1. The number of hydrogen-bond donors (Lipinski definition) is 2. The van der Waals surface area contributed by atoms with Gasteiger partial charge in [-0.05, 0) is 37.3 Å². The standard InChI is InChI=1S/C23H17FN6O/c1-13(28-23-27-12-17-20(31)7-9-26-22(17)30-23)16-10-14-5-6-15(24)11-19(14)29-21(16)18-4-2-3-8-25-18/h2-13H,1H3,(H2,26,27,28,30,31). The number of halogens is 1. The Bertz CT molecular complexity index is 1470. The summed E-state index contributed by atoms with van der Waals surface area (Å²) in [5.74, 6) is 0.0254. The topological polar surface area (TPSA) is 96.5 Å². The van der Waals surface area contributed by atoms with Gasteiger partial charge in [-0.25, -0.2) is 14.4 Å². The van der Waals surface area contributed by atoms with Crippen molar-refractivity contribution >= 4 is 27.9 Å². The summed E-state index contributed by atoms with van der Waals surface area (Å²) in [6.45, 7) is 1.96. The lowest BCUT2D eigenvalue weighted by Crippen LogP contribution is -2.13. The smallest absolute Gasteiger partial charge is 0.225 e. The molecule has 0 aliphatic heterocycles. The molecule has 4 aromatic heterocycles. The molecule has 5 aromatic rings. The van der Waals surface area contributed by atoms with Gasteiger partial charge in [0.25, 0.3) is 0 Å². The summed E-state index contributed by atoms with van der Waals surface area (Å²) in [7, 11) is 0. The lowest BCUT2D eigenvalue weighted by atomic mass is 10.0. The first-order chi connectivity index (χ1) is 15.1. The molecule has 1 aromatic carbocycles. The highest BCUT2D eigenvalue weighted by molar-refractivity contribution is 5.83. The third-order valence-corrected chi connectivity index (χ3v) is 5.04. The Morgan fingerprint density at radius 3 is 2.81 bits per heavy atom. The molecular weight excluding hydrogens is 395 g/mol. The Morgan fingerprint density at radius 1 is 1.06 bits per heavy atom. The van der Waals surface area contributed by atoms with Gasteiger partial charge in [-0.15, -0.1) is 0 Å². The molecular formula is C23H17FN6O. The molecule has 0 radical (unpaired) electrons. The Hall–Kier alpha value is -4.20. The number of aromatic nitrogens is 5. The number of pyridine rings is 3. The van der Waals surface area contributed by atoms with Gasteiger partial charge in [-0.3, -0.25) is 9.78 Å². The Balaban J connectivity index is 1.59. The molecule has 152 valence electrons. The predicted octanol–water partition coefficient (Wildman–Crippen LogP) is 4.24. The molecule has 0 saturated carbocycles. The molecule has 7 nitrogen and oxygen atoms in total. The Labute approximate surface area is 176 Å². The van der Waals surface area contributed by atoms with Crippen LogP contribution in [0.25, 0.3) is 33.3 Å². The van der Waals surface area contributed by atoms with Gasteiger partial charge in [0, 0.05) is 41.7 Å². The third-order valence-electron chi connectivity index (χ3n) is 5.04. The van der Waals surface area contributed by atoms with E-state index in [0.717, 1.165) is 10.9 Å². The number of rotatable bonds is 4. The molecule has 8 heteroatoms. The maximum atomic E-state index is 13.8. The summed E-state index contributed by atoms with van der Waals surface area (Å²) >= 11 is 0. The quantitative estimate of drug-likeness (QED) is 0.458. The van der Waals surface area contributed by atoms with Gasteiger partial charge in [0.2, 0.25) is 5.95 Å². The molecule has 31 heavy (non-hydrogen) atoms. The summed E-state index contributed by atoms with van der Waals surface area (Å²) in [6.07, 6.45) is 4.74. The molecule has 4 heterocycles. The van der Waals surface area contributed by atoms with Crippen molar-refractivity contribution in [1.29, 1.82) is 0 Å². The summed E-state index contributed by atoms with van der Waals surface area (Å²) in [5.41, 5.74) is 3.05. The van der Waals surface area contributed by atoms with Crippen molar-refractivity contribution < 1.29 is 4.39 Å². The van der Waals surface area contributed by atoms with Crippen molar-refractivity contribution in [3.05, 3.63) is 88.7 Å². The van der Waals surface area contributed by atoms with Crippen LogP contribution in [0.15, 0.2) is 71.9 Å². The van der Waals surface area contributed by atoms with Crippen molar-refractivity contribution in [3.8, 4) is 11.4 Å². The van der Waals surface area contributed by atoms with Crippen LogP contribution < -0.4 is 10.7 Å². The van der Waals surface area contributed by atoms with E-state index in [-0.39, 0.29) is 17.3 Å². The van der Waals surface area contributed by atoms with Gasteiger partial charge in [0.05, 0.1) is 28.3 Å². The average Bonchev–Trinajstić information content (AvgIpc) is 2.79. The number of fused-ring (bicyclic) bond motifs is 2. The zero-order valence-corrected chi connectivity index (χ0v) is 16.5. The third kappa shape index (κ3) is 3.59. The number of anilines is 1. The fourth-order valence-electron chi connectivity index (χ4n) is 3.49. The lowest BCUT2D eigenvalue weighted by Gasteiger charge is -2.18. The monoisotopic (exact) mass is 412 g/mol. The van der Waals surface area contributed by atoms with E-state index >= 15 is 0 Å². The van der Waals surface area contributed by atoms with Crippen LogP contribution in [0.5, 0.6) is 0 Å². The van der Waals surface area contributed by atoms with Gasteiger partial charge in [0.15, 0.2) is 5.43 Å². The SMILES string of the molecule is CC(Nc1ncc2c(=O)cc[nH]c2n1)c1cc2ccc(F)cc2nc1-c1ccccn1. The van der Waals surface area contributed by atoms with Crippen LogP contribution in [0.4, 0.5) is 10.3 Å². The minimum atomic E-state index is -0.343. The van der Waals surface area contributed by atoms with E-state index in [1.807, 2.05) is 31.2 Å². The number of nitrogens with one attached hydrogen (secondary N) is 2.